The molecule has 0 radical (unpaired) electrons. The normalized spacial score (nSPS) is 11.1. The van der Waals surface area contributed by atoms with Crippen LogP contribution in [0.2, 0.25) is 0 Å². The quantitative estimate of drug-likeness (QED) is 0.602. The van der Waals surface area contributed by atoms with Crippen LogP contribution in [0.3, 0.4) is 0 Å². The highest BCUT2D eigenvalue weighted by Crippen LogP contribution is 2.28. The third-order valence-electron chi connectivity index (χ3n) is 4.72. The summed E-state index contributed by atoms with van der Waals surface area (Å²) in [5.74, 6) is -0.288. The highest BCUT2D eigenvalue weighted by atomic mass is 16.5. The molecule has 0 atom stereocenters. The van der Waals surface area contributed by atoms with Gasteiger partial charge in [0.2, 0.25) is 5.82 Å². The van der Waals surface area contributed by atoms with Gasteiger partial charge in [0, 0.05) is 25.5 Å². The molecule has 3 rings (SSSR count). The van der Waals surface area contributed by atoms with Gasteiger partial charge in [-0.2, -0.15) is 0 Å². The second kappa shape index (κ2) is 8.87. The van der Waals surface area contributed by atoms with Gasteiger partial charge in [0.25, 0.3) is 11.8 Å². The number of anilines is 1. The molecule has 0 fully saturated rings. The number of carbonyl (C=O) groups is 2. The SMILES string of the molecule is COCCNC(=O)c1nc(C(=O)Nc2c(C)cccc2C(C)C)c2ccccn12. The molecule has 2 amide bonds. The summed E-state index contributed by atoms with van der Waals surface area (Å²) >= 11 is 0. The average molecular weight is 394 g/mol. The van der Waals surface area contributed by atoms with Gasteiger partial charge in [-0.3, -0.25) is 14.0 Å². The maximum absolute atomic E-state index is 13.1. The molecule has 2 aromatic heterocycles. The van der Waals surface area contributed by atoms with Crippen molar-refractivity contribution in [1.82, 2.24) is 14.7 Å². The summed E-state index contributed by atoms with van der Waals surface area (Å²) in [5, 5.41) is 5.75. The van der Waals surface area contributed by atoms with E-state index in [4.69, 9.17) is 4.74 Å². The molecule has 0 aliphatic rings. The van der Waals surface area contributed by atoms with Crippen molar-refractivity contribution >= 4 is 23.0 Å². The Labute approximate surface area is 170 Å². The smallest absolute Gasteiger partial charge is 0.287 e. The second-order valence-electron chi connectivity index (χ2n) is 7.14. The van der Waals surface area contributed by atoms with E-state index in [0.717, 1.165) is 16.8 Å². The molecule has 7 heteroatoms. The van der Waals surface area contributed by atoms with Gasteiger partial charge in [0.1, 0.15) is 0 Å². The molecule has 2 heterocycles. The number of imidazole rings is 1. The van der Waals surface area contributed by atoms with Gasteiger partial charge in [0.15, 0.2) is 5.69 Å². The predicted molar refractivity (Wildman–Crippen MR) is 113 cm³/mol. The minimum atomic E-state index is -0.360. The topological polar surface area (TPSA) is 84.7 Å². The molecule has 0 spiro atoms. The first-order valence-electron chi connectivity index (χ1n) is 9.59. The summed E-state index contributed by atoms with van der Waals surface area (Å²) in [7, 11) is 1.57. The van der Waals surface area contributed by atoms with Gasteiger partial charge in [-0.1, -0.05) is 38.1 Å². The number of para-hydroxylation sites is 1. The summed E-state index contributed by atoms with van der Waals surface area (Å²) < 4.78 is 6.58. The molecule has 0 aliphatic carbocycles. The molecule has 0 unspecified atom stereocenters. The molecule has 0 bridgehead atoms. The van der Waals surface area contributed by atoms with Crippen LogP contribution in [0.4, 0.5) is 5.69 Å². The van der Waals surface area contributed by atoms with Gasteiger partial charge in [-0.15, -0.1) is 0 Å². The van der Waals surface area contributed by atoms with E-state index < -0.39 is 0 Å². The first kappa shape index (κ1) is 20.5. The zero-order valence-electron chi connectivity index (χ0n) is 17.2. The van der Waals surface area contributed by atoms with Gasteiger partial charge >= 0.3 is 0 Å². The van der Waals surface area contributed by atoms with Gasteiger partial charge in [-0.25, -0.2) is 4.98 Å². The summed E-state index contributed by atoms with van der Waals surface area (Å²) in [4.78, 5) is 30.0. The lowest BCUT2D eigenvalue weighted by atomic mass is 9.98. The van der Waals surface area contributed by atoms with Crippen LogP contribution >= 0.6 is 0 Å². The molecular weight excluding hydrogens is 368 g/mol. The van der Waals surface area contributed by atoms with Crippen LogP contribution in [0.5, 0.6) is 0 Å². The van der Waals surface area contributed by atoms with Crippen LogP contribution in [0, 0.1) is 6.92 Å². The van der Waals surface area contributed by atoms with Crippen molar-refractivity contribution in [1.29, 1.82) is 0 Å². The summed E-state index contributed by atoms with van der Waals surface area (Å²) in [6.45, 7) is 6.88. The first-order chi connectivity index (χ1) is 13.9. The zero-order valence-corrected chi connectivity index (χ0v) is 17.2. The third-order valence-corrected chi connectivity index (χ3v) is 4.72. The Morgan fingerprint density at radius 1 is 1.14 bits per heavy atom. The first-order valence-corrected chi connectivity index (χ1v) is 9.59. The van der Waals surface area contributed by atoms with Crippen LogP contribution in [0.25, 0.3) is 5.52 Å². The molecular formula is C22H26N4O3. The van der Waals surface area contributed by atoms with Crippen LogP contribution in [0.1, 0.15) is 52.0 Å². The standard InChI is InChI=1S/C22H26N4O3/c1-14(2)16-9-7-8-15(3)18(16)25-21(27)19-17-10-5-6-12-26(17)20(24-19)22(28)23-11-13-29-4/h5-10,12,14H,11,13H2,1-4H3,(H,23,28)(H,25,27). The molecule has 3 aromatic rings. The molecule has 0 saturated heterocycles. The zero-order chi connectivity index (χ0) is 21.0. The van der Waals surface area contributed by atoms with Crippen LogP contribution in [0.15, 0.2) is 42.6 Å². The average Bonchev–Trinajstić information content (AvgIpc) is 3.09. The van der Waals surface area contributed by atoms with Crippen molar-refractivity contribution in [2.45, 2.75) is 26.7 Å². The Morgan fingerprint density at radius 2 is 1.93 bits per heavy atom. The van der Waals surface area contributed by atoms with Crippen molar-refractivity contribution in [2.24, 2.45) is 0 Å². The number of hydrogen-bond donors (Lipinski definition) is 2. The van der Waals surface area contributed by atoms with Gasteiger partial charge < -0.3 is 15.4 Å². The molecule has 2 N–H and O–H groups in total. The van der Waals surface area contributed by atoms with Gasteiger partial charge in [-0.05, 0) is 36.1 Å². The van der Waals surface area contributed by atoms with Crippen molar-refractivity contribution in [3.05, 3.63) is 65.2 Å². The Bertz CT molecular complexity index is 1040. The fourth-order valence-corrected chi connectivity index (χ4v) is 3.23. The number of nitrogens with one attached hydrogen (secondary N) is 2. The molecule has 7 nitrogen and oxygen atoms in total. The number of nitrogens with zero attached hydrogens (tertiary/aromatic N) is 2. The van der Waals surface area contributed by atoms with Crippen molar-refractivity contribution in [2.75, 3.05) is 25.6 Å². The summed E-state index contributed by atoms with van der Waals surface area (Å²) in [5.41, 5.74) is 3.60. The number of carbonyl (C=O) groups excluding carboxylic acids is 2. The maximum Gasteiger partial charge on any atom is 0.287 e. The van der Waals surface area contributed by atoms with E-state index in [9.17, 15) is 9.59 Å². The van der Waals surface area contributed by atoms with E-state index in [1.54, 1.807) is 29.8 Å². The van der Waals surface area contributed by atoms with Crippen LogP contribution in [-0.4, -0.2) is 41.5 Å². The highest BCUT2D eigenvalue weighted by Gasteiger charge is 2.22. The Kier molecular flexibility index (Phi) is 6.29. The van der Waals surface area contributed by atoms with E-state index in [0.29, 0.717) is 18.7 Å². The Morgan fingerprint density at radius 3 is 2.66 bits per heavy atom. The molecule has 1 aromatic carbocycles. The lowest BCUT2D eigenvalue weighted by molar-refractivity contribution is 0.0926. The van der Waals surface area contributed by atoms with Crippen molar-refractivity contribution in [3.63, 3.8) is 0 Å². The Balaban J connectivity index is 1.97. The fraction of sp³-hybridized carbons (Fsp3) is 0.318. The molecule has 152 valence electrons. The van der Waals surface area contributed by atoms with E-state index in [-0.39, 0.29) is 29.3 Å². The van der Waals surface area contributed by atoms with E-state index >= 15 is 0 Å². The molecule has 0 aliphatic heterocycles. The minimum Gasteiger partial charge on any atom is -0.383 e. The van der Waals surface area contributed by atoms with Gasteiger partial charge in [0.05, 0.1) is 12.1 Å². The third kappa shape index (κ3) is 4.30. The molecule has 0 saturated carbocycles. The minimum absolute atomic E-state index is 0.163. The van der Waals surface area contributed by atoms with Crippen molar-refractivity contribution in [3.8, 4) is 0 Å². The number of methoxy groups -OCH3 is 1. The second-order valence-corrected chi connectivity index (χ2v) is 7.14. The Hall–Kier alpha value is -3.19. The number of fused-ring (bicyclic) bond motifs is 1. The van der Waals surface area contributed by atoms with Crippen LogP contribution in [-0.2, 0) is 4.74 Å². The fourth-order valence-electron chi connectivity index (χ4n) is 3.23. The number of aryl methyl sites for hydroxylation is 1. The number of aromatic nitrogens is 2. The number of pyridine rings is 1. The number of rotatable bonds is 7. The maximum atomic E-state index is 13.1. The predicted octanol–water partition coefficient (Wildman–Crippen LogP) is 3.39. The van der Waals surface area contributed by atoms with E-state index in [2.05, 4.69) is 29.5 Å². The molecule has 29 heavy (non-hydrogen) atoms. The largest absolute Gasteiger partial charge is 0.383 e. The van der Waals surface area contributed by atoms with Crippen molar-refractivity contribution < 1.29 is 14.3 Å². The number of hydrogen-bond acceptors (Lipinski definition) is 4. The lowest BCUT2D eigenvalue weighted by Crippen LogP contribution is -2.28. The number of benzene rings is 1. The highest BCUT2D eigenvalue weighted by molar-refractivity contribution is 6.09. The van der Waals surface area contributed by atoms with E-state index in [1.165, 1.54) is 0 Å². The lowest BCUT2D eigenvalue weighted by Gasteiger charge is -2.16. The summed E-state index contributed by atoms with van der Waals surface area (Å²) in [6, 6.07) is 11.3. The summed E-state index contributed by atoms with van der Waals surface area (Å²) in [6.07, 6.45) is 1.72. The monoisotopic (exact) mass is 394 g/mol. The van der Waals surface area contributed by atoms with Crippen LogP contribution < -0.4 is 10.6 Å². The number of amides is 2. The number of ether oxygens (including phenoxy) is 1. The van der Waals surface area contributed by atoms with E-state index in [1.807, 2.05) is 31.2 Å².